The molecule has 0 radical (unpaired) electrons. The van der Waals surface area contributed by atoms with E-state index in [2.05, 4.69) is 22.8 Å². The highest BCUT2D eigenvalue weighted by Crippen LogP contribution is 2.44. The molecule has 0 heterocycles. The van der Waals surface area contributed by atoms with Gasteiger partial charge in [0.15, 0.2) is 0 Å². The third-order valence-electron chi connectivity index (χ3n) is 5.55. The molecule has 168 valence electrons. The normalized spacial score (nSPS) is 12.9. The Hall–Kier alpha value is -3.84. The maximum absolute atomic E-state index is 12.5. The largest absolute Gasteiger partial charge is 0.478 e. The summed E-state index contributed by atoms with van der Waals surface area (Å²) in [5.41, 5.74) is 4.69. The predicted octanol–water partition coefficient (Wildman–Crippen LogP) is 4.90. The molecule has 3 N–H and O–H groups in total. The number of carboxylic acids is 1. The minimum absolute atomic E-state index is 0.00260. The lowest BCUT2D eigenvalue weighted by Gasteiger charge is -2.17. The summed E-state index contributed by atoms with van der Waals surface area (Å²) >= 11 is 6.04. The number of benzene rings is 3. The number of carbonyl (C=O) groups is 3. The summed E-state index contributed by atoms with van der Waals surface area (Å²) in [4.78, 5) is 35.8. The minimum atomic E-state index is -1.12. The number of carbonyl (C=O) groups excluding carboxylic acids is 2. The molecule has 1 aliphatic carbocycles. The number of amides is 2. The Morgan fingerprint density at radius 3 is 2.18 bits per heavy atom. The van der Waals surface area contributed by atoms with Crippen LogP contribution < -0.4 is 10.6 Å². The van der Waals surface area contributed by atoms with Crippen LogP contribution in [0.2, 0.25) is 5.02 Å². The van der Waals surface area contributed by atoms with Crippen LogP contribution in [-0.2, 0) is 9.53 Å². The van der Waals surface area contributed by atoms with Crippen LogP contribution in [0.5, 0.6) is 0 Å². The van der Waals surface area contributed by atoms with Crippen molar-refractivity contribution in [2.24, 2.45) is 0 Å². The highest BCUT2D eigenvalue weighted by molar-refractivity contribution is 6.34. The van der Waals surface area contributed by atoms with Gasteiger partial charge in [-0.2, -0.15) is 0 Å². The van der Waals surface area contributed by atoms with Gasteiger partial charge in [0.2, 0.25) is 5.91 Å². The van der Waals surface area contributed by atoms with Crippen molar-refractivity contribution in [1.82, 2.24) is 5.32 Å². The minimum Gasteiger partial charge on any atom is -0.478 e. The van der Waals surface area contributed by atoms with E-state index in [4.69, 9.17) is 21.4 Å². The van der Waals surface area contributed by atoms with Crippen LogP contribution in [0.25, 0.3) is 11.1 Å². The fourth-order valence-electron chi connectivity index (χ4n) is 3.87. The second-order valence-corrected chi connectivity index (χ2v) is 8.09. The van der Waals surface area contributed by atoms with E-state index in [0.29, 0.717) is 0 Å². The van der Waals surface area contributed by atoms with Gasteiger partial charge in [-0.25, -0.2) is 9.59 Å². The fraction of sp³-hybridized carbons (Fsp3) is 0.160. The van der Waals surface area contributed by atoms with E-state index in [1.807, 2.05) is 36.4 Å². The monoisotopic (exact) mass is 464 g/mol. The number of halogens is 1. The molecule has 8 heteroatoms. The van der Waals surface area contributed by atoms with Crippen molar-refractivity contribution < 1.29 is 24.2 Å². The smallest absolute Gasteiger partial charge is 0.407 e. The molecule has 0 spiro atoms. The van der Waals surface area contributed by atoms with Gasteiger partial charge in [-0.15, -0.1) is 0 Å². The first-order valence-electron chi connectivity index (χ1n) is 10.3. The van der Waals surface area contributed by atoms with Crippen molar-refractivity contribution >= 4 is 35.3 Å². The van der Waals surface area contributed by atoms with Gasteiger partial charge in [-0.05, 0) is 47.4 Å². The van der Waals surface area contributed by atoms with E-state index in [9.17, 15) is 14.4 Å². The van der Waals surface area contributed by atoms with E-state index in [1.165, 1.54) is 25.1 Å². The van der Waals surface area contributed by atoms with Gasteiger partial charge in [0.1, 0.15) is 12.6 Å². The quantitative estimate of drug-likeness (QED) is 0.481. The van der Waals surface area contributed by atoms with Gasteiger partial charge >= 0.3 is 12.1 Å². The number of rotatable bonds is 6. The molecule has 0 saturated heterocycles. The van der Waals surface area contributed by atoms with E-state index < -0.39 is 24.0 Å². The summed E-state index contributed by atoms with van der Waals surface area (Å²) in [7, 11) is 0. The lowest BCUT2D eigenvalue weighted by molar-refractivity contribution is -0.117. The Balaban J connectivity index is 1.36. The number of ether oxygens (including phenoxy) is 1. The molecule has 1 aliphatic rings. The Kier molecular flexibility index (Phi) is 6.33. The number of fused-ring (bicyclic) bond motifs is 3. The van der Waals surface area contributed by atoms with Crippen molar-refractivity contribution in [3.8, 4) is 11.1 Å². The molecule has 0 fully saturated rings. The van der Waals surface area contributed by atoms with Crippen molar-refractivity contribution in [2.75, 3.05) is 11.9 Å². The summed E-state index contributed by atoms with van der Waals surface area (Å²) < 4.78 is 5.46. The summed E-state index contributed by atoms with van der Waals surface area (Å²) in [5, 5.41) is 14.2. The van der Waals surface area contributed by atoms with Crippen LogP contribution in [0.3, 0.4) is 0 Å². The lowest BCUT2D eigenvalue weighted by atomic mass is 9.98. The maximum atomic E-state index is 12.5. The van der Waals surface area contributed by atoms with Crippen molar-refractivity contribution in [3.05, 3.63) is 88.4 Å². The summed E-state index contributed by atoms with van der Waals surface area (Å²) in [6.45, 7) is 1.65. The predicted molar refractivity (Wildman–Crippen MR) is 125 cm³/mol. The number of alkyl carbamates (subject to hydrolysis) is 1. The first-order chi connectivity index (χ1) is 15.8. The second kappa shape index (κ2) is 9.34. The summed E-state index contributed by atoms with van der Waals surface area (Å²) in [5.74, 6) is -1.73. The molecule has 3 aromatic carbocycles. The second-order valence-electron chi connectivity index (χ2n) is 7.68. The van der Waals surface area contributed by atoms with Crippen LogP contribution >= 0.6 is 11.6 Å². The Labute approximate surface area is 195 Å². The topological polar surface area (TPSA) is 105 Å². The standard InChI is InChI=1S/C25H21ClN2O5/c1-14(23(29)28-22-11-10-15(24(30)31)12-21(22)26)27-25(32)33-13-20-18-8-4-2-6-16(18)17-7-3-5-9-19(17)20/h2-12,14,20H,13H2,1H3,(H,27,32)(H,28,29)(H,30,31). The molecule has 4 rings (SSSR count). The zero-order valence-corrected chi connectivity index (χ0v) is 18.4. The first-order valence-corrected chi connectivity index (χ1v) is 10.7. The van der Waals surface area contributed by atoms with E-state index in [1.54, 1.807) is 0 Å². The SMILES string of the molecule is CC(NC(=O)OCC1c2ccccc2-c2ccccc21)C(=O)Nc1ccc(C(=O)O)cc1Cl. The number of aromatic carboxylic acids is 1. The number of anilines is 1. The zero-order chi connectivity index (χ0) is 23.5. The van der Waals surface area contributed by atoms with Crippen LogP contribution in [0.4, 0.5) is 10.5 Å². The maximum Gasteiger partial charge on any atom is 0.407 e. The number of hydrogen-bond donors (Lipinski definition) is 3. The molecule has 0 bridgehead atoms. The highest BCUT2D eigenvalue weighted by Gasteiger charge is 2.29. The molecule has 0 saturated carbocycles. The van der Waals surface area contributed by atoms with E-state index in [-0.39, 0.29) is 28.8 Å². The average molecular weight is 465 g/mol. The average Bonchev–Trinajstić information content (AvgIpc) is 3.12. The Bertz CT molecular complexity index is 1200. The zero-order valence-electron chi connectivity index (χ0n) is 17.7. The van der Waals surface area contributed by atoms with Crippen LogP contribution in [0, 0.1) is 0 Å². The van der Waals surface area contributed by atoms with Crippen molar-refractivity contribution in [1.29, 1.82) is 0 Å². The molecule has 1 atom stereocenters. The molecular formula is C25H21ClN2O5. The summed E-state index contributed by atoms with van der Waals surface area (Å²) in [6.07, 6.45) is -0.716. The van der Waals surface area contributed by atoms with Gasteiger partial charge in [0.05, 0.1) is 16.3 Å². The Morgan fingerprint density at radius 2 is 1.61 bits per heavy atom. The molecular weight excluding hydrogens is 444 g/mol. The number of hydrogen-bond acceptors (Lipinski definition) is 4. The van der Waals surface area contributed by atoms with Gasteiger partial charge < -0.3 is 20.5 Å². The third-order valence-corrected chi connectivity index (χ3v) is 5.86. The molecule has 0 aliphatic heterocycles. The van der Waals surface area contributed by atoms with Crippen molar-refractivity contribution in [2.45, 2.75) is 18.9 Å². The van der Waals surface area contributed by atoms with Crippen LogP contribution in [0.15, 0.2) is 66.7 Å². The molecule has 0 aromatic heterocycles. The van der Waals surface area contributed by atoms with Gasteiger partial charge in [0.25, 0.3) is 0 Å². The molecule has 1 unspecified atom stereocenters. The number of nitrogens with one attached hydrogen (secondary N) is 2. The lowest BCUT2D eigenvalue weighted by Crippen LogP contribution is -2.42. The van der Waals surface area contributed by atoms with E-state index >= 15 is 0 Å². The molecule has 33 heavy (non-hydrogen) atoms. The fourth-order valence-corrected chi connectivity index (χ4v) is 4.10. The first kappa shape index (κ1) is 22.4. The molecule has 7 nitrogen and oxygen atoms in total. The molecule has 3 aromatic rings. The van der Waals surface area contributed by atoms with Crippen molar-refractivity contribution in [3.63, 3.8) is 0 Å². The van der Waals surface area contributed by atoms with Crippen LogP contribution in [-0.4, -0.2) is 35.7 Å². The van der Waals surface area contributed by atoms with Crippen LogP contribution in [0.1, 0.15) is 34.3 Å². The van der Waals surface area contributed by atoms with Gasteiger partial charge in [0, 0.05) is 5.92 Å². The number of carboxylic acid groups (broad SMARTS) is 1. The van der Waals surface area contributed by atoms with Gasteiger partial charge in [-0.3, -0.25) is 4.79 Å². The summed E-state index contributed by atoms with van der Waals surface area (Å²) in [6, 6.07) is 19.1. The van der Waals surface area contributed by atoms with E-state index in [0.717, 1.165) is 22.3 Å². The third kappa shape index (κ3) is 4.68. The highest BCUT2D eigenvalue weighted by atomic mass is 35.5. The Morgan fingerprint density at radius 1 is 1.00 bits per heavy atom. The van der Waals surface area contributed by atoms with Gasteiger partial charge in [-0.1, -0.05) is 60.1 Å². The molecule has 2 amide bonds.